The maximum absolute atomic E-state index is 11.7. The van der Waals surface area contributed by atoms with Crippen molar-refractivity contribution in [1.29, 1.82) is 0 Å². The highest BCUT2D eigenvalue weighted by Crippen LogP contribution is 2.28. The zero-order valence-corrected chi connectivity index (χ0v) is 15.9. The summed E-state index contributed by atoms with van der Waals surface area (Å²) in [7, 11) is -1.13. The lowest BCUT2D eigenvalue weighted by atomic mass is 10.2. The predicted molar refractivity (Wildman–Crippen MR) is 101 cm³/mol. The molecular formula is C17H23N5O3S. The number of benzene rings is 1. The highest BCUT2D eigenvalue weighted by molar-refractivity contribution is 7.91. The summed E-state index contributed by atoms with van der Waals surface area (Å²) in [6.45, 7) is 3.92. The first-order chi connectivity index (χ1) is 12.3. The smallest absolute Gasteiger partial charge is 0.249 e. The van der Waals surface area contributed by atoms with Crippen molar-refractivity contribution in [3.63, 3.8) is 0 Å². The lowest BCUT2D eigenvalue weighted by molar-refractivity contribution is 0.244. The normalized spacial score (nSPS) is 18.7. The van der Waals surface area contributed by atoms with Crippen molar-refractivity contribution in [3.8, 4) is 5.75 Å². The molecule has 2 heterocycles. The number of hydrogen-bond donors (Lipinski definition) is 1. The standard InChI is InChI=1S/C17H23N5O3S/c1-12(2)25-15-7-5-4-6-14(15)19-17-20-16(10-18-21-17)22(3)13-8-9-26(23,24)11-13/h4-7,10,12-13H,8-9,11H2,1-3H3,(H,19,20,21). The topological polar surface area (TPSA) is 97.3 Å². The number of hydrogen-bond acceptors (Lipinski definition) is 8. The second-order valence-electron chi connectivity index (χ2n) is 6.59. The average Bonchev–Trinajstić information content (AvgIpc) is 2.96. The summed E-state index contributed by atoms with van der Waals surface area (Å²) in [5, 5.41) is 11.1. The van der Waals surface area contributed by atoms with Gasteiger partial charge in [-0.3, -0.25) is 0 Å². The van der Waals surface area contributed by atoms with Crippen LogP contribution in [0.15, 0.2) is 30.5 Å². The molecule has 1 N–H and O–H groups in total. The molecule has 1 aliphatic rings. The van der Waals surface area contributed by atoms with Gasteiger partial charge >= 0.3 is 0 Å². The Morgan fingerprint density at radius 1 is 1.31 bits per heavy atom. The fraction of sp³-hybridized carbons (Fsp3) is 0.471. The van der Waals surface area contributed by atoms with E-state index in [1.54, 1.807) is 0 Å². The van der Waals surface area contributed by atoms with E-state index in [1.165, 1.54) is 6.20 Å². The molecule has 1 atom stereocenters. The molecule has 1 unspecified atom stereocenters. The van der Waals surface area contributed by atoms with Gasteiger partial charge in [-0.05, 0) is 32.4 Å². The molecular weight excluding hydrogens is 354 g/mol. The third-order valence-corrected chi connectivity index (χ3v) is 5.91. The highest BCUT2D eigenvalue weighted by atomic mass is 32.2. The van der Waals surface area contributed by atoms with Gasteiger partial charge in [-0.2, -0.15) is 10.1 Å². The van der Waals surface area contributed by atoms with Gasteiger partial charge in [0.2, 0.25) is 5.95 Å². The van der Waals surface area contributed by atoms with Crippen molar-refractivity contribution >= 4 is 27.3 Å². The predicted octanol–water partition coefficient (Wildman–Crippen LogP) is 2.03. The minimum absolute atomic E-state index is 0.0405. The lowest BCUT2D eigenvalue weighted by Gasteiger charge is -2.24. The van der Waals surface area contributed by atoms with Gasteiger partial charge < -0.3 is 15.0 Å². The molecule has 1 aromatic heterocycles. The van der Waals surface area contributed by atoms with Crippen molar-refractivity contribution < 1.29 is 13.2 Å². The molecule has 140 valence electrons. The van der Waals surface area contributed by atoms with Crippen LogP contribution in [0.25, 0.3) is 0 Å². The Labute approximate surface area is 153 Å². The molecule has 0 radical (unpaired) electrons. The van der Waals surface area contributed by atoms with E-state index in [-0.39, 0.29) is 23.7 Å². The van der Waals surface area contributed by atoms with Crippen LogP contribution in [0.3, 0.4) is 0 Å². The van der Waals surface area contributed by atoms with Crippen LogP contribution in [0.2, 0.25) is 0 Å². The molecule has 0 spiro atoms. The van der Waals surface area contributed by atoms with Crippen LogP contribution in [0.1, 0.15) is 20.3 Å². The van der Waals surface area contributed by atoms with Crippen LogP contribution >= 0.6 is 0 Å². The summed E-state index contributed by atoms with van der Waals surface area (Å²) in [6.07, 6.45) is 2.17. The molecule has 0 amide bonds. The van der Waals surface area contributed by atoms with Gasteiger partial charge in [0.25, 0.3) is 0 Å². The highest BCUT2D eigenvalue weighted by Gasteiger charge is 2.31. The zero-order chi connectivity index (χ0) is 18.7. The molecule has 1 aromatic carbocycles. The Bertz CT molecular complexity index is 872. The first-order valence-corrected chi connectivity index (χ1v) is 10.3. The van der Waals surface area contributed by atoms with Gasteiger partial charge in [0.1, 0.15) is 5.75 Å². The number of ether oxygens (including phenoxy) is 1. The average molecular weight is 377 g/mol. The van der Waals surface area contributed by atoms with Gasteiger partial charge in [-0.25, -0.2) is 8.42 Å². The van der Waals surface area contributed by atoms with Crippen molar-refractivity contribution in [2.24, 2.45) is 0 Å². The number of sulfone groups is 1. The third kappa shape index (κ3) is 4.40. The molecule has 1 saturated heterocycles. The van der Waals surface area contributed by atoms with E-state index in [0.717, 1.165) is 5.69 Å². The molecule has 2 aromatic rings. The van der Waals surface area contributed by atoms with Crippen LogP contribution in [-0.2, 0) is 9.84 Å². The maximum Gasteiger partial charge on any atom is 0.249 e. The van der Waals surface area contributed by atoms with E-state index in [0.29, 0.717) is 23.9 Å². The monoisotopic (exact) mass is 377 g/mol. The maximum atomic E-state index is 11.7. The van der Waals surface area contributed by atoms with Gasteiger partial charge in [0.05, 0.1) is 29.5 Å². The lowest BCUT2D eigenvalue weighted by Crippen LogP contribution is -2.33. The van der Waals surface area contributed by atoms with E-state index < -0.39 is 9.84 Å². The van der Waals surface area contributed by atoms with Crippen LogP contribution < -0.4 is 15.0 Å². The van der Waals surface area contributed by atoms with Crippen LogP contribution in [0, 0.1) is 0 Å². The van der Waals surface area contributed by atoms with E-state index in [1.807, 2.05) is 50.1 Å². The molecule has 8 nitrogen and oxygen atoms in total. The van der Waals surface area contributed by atoms with Crippen molar-refractivity contribution in [3.05, 3.63) is 30.5 Å². The van der Waals surface area contributed by atoms with E-state index in [9.17, 15) is 8.42 Å². The minimum Gasteiger partial charge on any atom is -0.489 e. The number of nitrogens with zero attached hydrogens (tertiary/aromatic N) is 4. The number of para-hydroxylation sites is 2. The molecule has 1 aliphatic heterocycles. The Morgan fingerprint density at radius 2 is 2.08 bits per heavy atom. The first-order valence-electron chi connectivity index (χ1n) is 8.50. The molecule has 0 bridgehead atoms. The van der Waals surface area contributed by atoms with Gasteiger partial charge in [-0.1, -0.05) is 12.1 Å². The quantitative estimate of drug-likeness (QED) is 0.817. The van der Waals surface area contributed by atoms with E-state index in [4.69, 9.17) is 4.74 Å². The van der Waals surface area contributed by atoms with Crippen molar-refractivity contribution in [1.82, 2.24) is 15.2 Å². The SMILES string of the molecule is CC(C)Oc1ccccc1Nc1nncc(N(C)C2CCS(=O)(=O)C2)n1. The molecule has 1 fully saturated rings. The van der Waals surface area contributed by atoms with Crippen LogP contribution in [0.5, 0.6) is 5.75 Å². The number of aromatic nitrogens is 3. The molecule has 26 heavy (non-hydrogen) atoms. The first kappa shape index (κ1) is 18.4. The van der Waals surface area contributed by atoms with Crippen molar-refractivity contribution in [2.75, 3.05) is 28.8 Å². The Balaban J connectivity index is 1.78. The van der Waals surface area contributed by atoms with Crippen LogP contribution in [-0.4, -0.2) is 54.3 Å². The largest absolute Gasteiger partial charge is 0.489 e. The third-order valence-electron chi connectivity index (χ3n) is 4.16. The van der Waals surface area contributed by atoms with E-state index >= 15 is 0 Å². The molecule has 0 aliphatic carbocycles. The fourth-order valence-corrected chi connectivity index (χ4v) is 4.61. The molecule has 3 rings (SSSR count). The molecule has 0 saturated carbocycles. The number of nitrogens with one attached hydrogen (secondary N) is 1. The van der Waals surface area contributed by atoms with E-state index in [2.05, 4.69) is 20.5 Å². The second-order valence-corrected chi connectivity index (χ2v) is 8.82. The van der Waals surface area contributed by atoms with Crippen molar-refractivity contribution in [2.45, 2.75) is 32.4 Å². The molecule has 9 heteroatoms. The Hall–Kier alpha value is -2.42. The summed E-state index contributed by atoms with van der Waals surface area (Å²) in [5.41, 5.74) is 0.742. The Morgan fingerprint density at radius 3 is 2.77 bits per heavy atom. The summed E-state index contributed by atoms with van der Waals surface area (Å²) in [4.78, 5) is 6.32. The zero-order valence-electron chi connectivity index (χ0n) is 15.1. The fourth-order valence-electron chi connectivity index (χ4n) is 2.83. The van der Waals surface area contributed by atoms with Gasteiger partial charge in [0.15, 0.2) is 15.7 Å². The van der Waals surface area contributed by atoms with Crippen LogP contribution in [0.4, 0.5) is 17.5 Å². The van der Waals surface area contributed by atoms with Gasteiger partial charge in [-0.15, -0.1) is 5.10 Å². The number of rotatable bonds is 6. The summed E-state index contributed by atoms with van der Waals surface area (Å²) in [5.74, 6) is 1.96. The minimum atomic E-state index is -2.96. The Kier molecular flexibility index (Phi) is 5.26. The second kappa shape index (κ2) is 7.45. The van der Waals surface area contributed by atoms with Gasteiger partial charge in [0, 0.05) is 13.1 Å². The number of anilines is 3. The summed E-state index contributed by atoms with van der Waals surface area (Å²) >= 11 is 0. The summed E-state index contributed by atoms with van der Waals surface area (Å²) in [6, 6.07) is 7.44. The summed E-state index contributed by atoms with van der Waals surface area (Å²) < 4.78 is 29.2.